The van der Waals surface area contributed by atoms with E-state index in [9.17, 15) is 0 Å². The highest BCUT2D eigenvalue weighted by Gasteiger charge is 2.35. The van der Waals surface area contributed by atoms with Gasteiger partial charge in [-0.05, 0) is 24.3 Å². The van der Waals surface area contributed by atoms with Crippen LogP contribution in [0, 0.1) is 5.92 Å². The van der Waals surface area contributed by atoms with Crippen molar-refractivity contribution in [3.63, 3.8) is 0 Å². The molecule has 1 saturated carbocycles. The standard InChI is InChI=1S/C13H17N/c1-2-11(12-9-13(12)14)8-10-6-4-3-5-7-10/h3-8,12-13H,2,9,14H2,1H3/t12-,13?/m0/s1. The largest absolute Gasteiger partial charge is 0.327 e. The van der Waals surface area contributed by atoms with E-state index in [1.54, 1.807) is 0 Å². The number of nitrogens with two attached hydrogens (primary N) is 1. The van der Waals surface area contributed by atoms with E-state index in [1.807, 2.05) is 6.07 Å². The normalized spacial score (nSPS) is 26.3. The third kappa shape index (κ3) is 2.05. The summed E-state index contributed by atoms with van der Waals surface area (Å²) in [7, 11) is 0. The van der Waals surface area contributed by atoms with E-state index in [2.05, 4.69) is 37.3 Å². The predicted molar refractivity (Wildman–Crippen MR) is 60.8 cm³/mol. The Hall–Kier alpha value is -1.08. The quantitative estimate of drug-likeness (QED) is 0.773. The minimum atomic E-state index is 0.421. The van der Waals surface area contributed by atoms with E-state index in [-0.39, 0.29) is 0 Å². The topological polar surface area (TPSA) is 26.0 Å². The summed E-state index contributed by atoms with van der Waals surface area (Å²) in [4.78, 5) is 0. The Labute approximate surface area is 85.6 Å². The lowest BCUT2D eigenvalue weighted by atomic mass is 10.0. The molecule has 0 amide bonds. The Morgan fingerprint density at radius 2 is 2.07 bits per heavy atom. The molecule has 1 aliphatic rings. The molecule has 0 aliphatic heterocycles. The van der Waals surface area contributed by atoms with Gasteiger partial charge in [0.25, 0.3) is 0 Å². The van der Waals surface area contributed by atoms with Crippen LogP contribution in [0.2, 0.25) is 0 Å². The average Bonchev–Trinajstić information content (AvgIpc) is 2.93. The fourth-order valence-electron chi connectivity index (χ4n) is 1.88. The summed E-state index contributed by atoms with van der Waals surface area (Å²) in [6.45, 7) is 2.21. The summed E-state index contributed by atoms with van der Waals surface area (Å²) in [5.41, 5.74) is 8.65. The van der Waals surface area contributed by atoms with E-state index in [0.717, 1.165) is 6.42 Å². The fourth-order valence-corrected chi connectivity index (χ4v) is 1.88. The summed E-state index contributed by atoms with van der Waals surface area (Å²) in [6.07, 6.45) is 4.58. The van der Waals surface area contributed by atoms with Crippen molar-refractivity contribution in [1.29, 1.82) is 0 Å². The molecule has 1 heteroatoms. The van der Waals surface area contributed by atoms with Crippen LogP contribution in [-0.2, 0) is 0 Å². The van der Waals surface area contributed by atoms with Crippen LogP contribution in [0.15, 0.2) is 35.9 Å². The number of rotatable bonds is 3. The summed E-state index contributed by atoms with van der Waals surface area (Å²) >= 11 is 0. The minimum Gasteiger partial charge on any atom is -0.327 e. The molecule has 1 nitrogen and oxygen atoms in total. The van der Waals surface area contributed by atoms with Gasteiger partial charge < -0.3 is 5.73 Å². The first kappa shape index (κ1) is 9.47. The number of benzene rings is 1. The van der Waals surface area contributed by atoms with Crippen molar-refractivity contribution < 1.29 is 0 Å². The molecular formula is C13H17N. The van der Waals surface area contributed by atoms with Crippen molar-refractivity contribution >= 4 is 6.08 Å². The lowest BCUT2D eigenvalue weighted by Gasteiger charge is -2.02. The first-order chi connectivity index (χ1) is 6.81. The van der Waals surface area contributed by atoms with E-state index in [0.29, 0.717) is 12.0 Å². The van der Waals surface area contributed by atoms with Gasteiger partial charge >= 0.3 is 0 Å². The van der Waals surface area contributed by atoms with Gasteiger partial charge in [0.2, 0.25) is 0 Å². The van der Waals surface area contributed by atoms with Crippen LogP contribution in [0.25, 0.3) is 6.08 Å². The van der Waals surface area contributed by atoms with Crippen LogP contribution >= 0.6 is 0 Å². The summed E-state index contributed by atoms with van der Waals surface area (Å²) < 4.78 is 0. The van der Waals surface area contributed by atoms with Crippen LogP contribution in [0.5, 0.6) is 0 Å². The average molecular weight is 187 g/mol. The number of hydrogen-bond acceptors (Lipinski definition) is 1. The molecular weight excluding hydrogens is 170 g/mol. The van der Waals surface area contributed by atoms with Crippen molar-refractivity contribution in [2.24, 2.45) is 11.7 Å². The molecule has 1 fully saturated rings. The van der Waals surface area contributed by atoms with E-state index >= 15 is 0 Å². The van der Waals surface area contributed by atoms with Crippen LogP contribution < -0.4 is 5.73 Å². The second kappa shape index (κ2) is 3.97. The van der Waals surface area contributed by atoms with E-state index < -0.39 is 0 Å². The van der Waals surface area contributed by atoms with Gasteiger partial charge in [-0.3, -0.25) is 0 Å². The highest BCUT2D eigenvalue weighted by Crippen LogP contribution is 2.37. The summed E-state index contributed by atoms with van der Waals surface area (Å²) in [5, 5.41) is 0. The van der Waals surface area contributed by atoms with Crippen molar-refractivity contribution in [3.05, 3.63) is 41.5 Å². The maximum Gasteiger partial charge on any atom is 0.0112 e. The Morgan fingerprint density at radius 1 is 1.43 bits per heavy atom. The molecule has 14 heavy (non-hydrogen) atoms. The van der Waals surface area contributed by atoms with Crippen LogP contribution in [0.4, 0.5) is 0 Å². The molecule has 0 spiro atoms. The molecule has 1 aliphatic carbocycles. The molecule has 0 heterocycles. The van der Waals surface area contributed by atoms with Gasteiger partial charge in [-0.25, -0.2) is 0 Å². The molecule has 0 bridgehead atoms. The molecule has 2 rings (SSSR count). The highest BCUT2D eigenvalue weighted by molar-refractivity contribution is 5.54. The third-order valence-corrected chi connectivity index (χ3v) is 2.88. The molecule has 0 radical (unpaired) electrons. The maximum absolute atomic E-state index is 5.86. The van der Waals surface area contributed by atoms with Gasteiger partial charge in [-0.1, -0.05) is 48.9 Å². The van der Waals surface area contributed by atoms with Crippen molar-refractivity contribution in [3.8, 4) is 0 Å². The van der Waals surface area contributed by atoms with Crippen LogP contribution in [0.3, 0.4) is 0 Å². The maximum atomic E-state index is 5.86. The molecule has 0 saturated heterocycles. The van der Waals surface area contributed by atoms with E-state index in [4.69, 9.17) is 5.73 Å². The Bertz CT molecular complexity index is 326. The second-order valence-electron chi connectivity index (χ2n) is 3.99. The number of hydrogen-bond donors (Lipinski definition) is 1. The van der Waals surface area contributed by atoms with Gasteiger partial charge in [0.1, 0.15) is 0 Å². The van der Waals surface area contributed by atoms with Crippen LogP contribution in [0.1, 0.15) is 25.3 Å². The third-order valence-electron chi connectivity index (χ3n) is 2.88. The van der Waals surface area contributed by atoms with Crippen molar-refractivity contribution in [1.82, 2.24) is 0 Å². The Balaban J connectivity index is 2.15. The monoisotopic (exact) mass is 187 g/mol. The van der Waals surface area contributed by atoms with Crippen LogP contribution in [-0.4, -0.2) is 6.04 Å². The zero-order valence-corrected chi connectivity index (χ0v) is 8.61. The van der Waals surface area contributed by atoms with Crippen molar-refractivity contribution in [2.75, 3.05) is 0 Å². The molecule has 1 aromatic carbocycles. The van der Waals surface area contributed by atoms with Crippen molar-refractivity contribution in [2.45, 2.75) is 25.8 Å². The molecule has 1 unspecified atom stereocenters. The summed E-state index contributed by atoms with van der Waals surface area (Å²) in [6, 6.07) is 10.9. The van der Waals surface area contributed by atoms with Gasteiger partial charge in [0.15, 0.2) is 0 Å². The van der Waals surface area contributed by atoms with Gasteiger partial charge in [0, 0.05) is 6.04 Å². The first-order valence-electron chi connectivity index (χ1n) is 5.32. The van der Waals surface area contributed by atoms with Gasteiger partial charge in [-0.15, -0.1) is 0 Å². The first-order valence-corrected chi connectivity index (χ1v) is 5.32. The lowest BCUT2D eigenvalue weighted by Crippen LogP contribution is -2.03. The zero-order valence-electron chi connectivity index (χ0n) is 8.61. The molecule has 2 N–H and O–H groups in total. The molecule has 74 valence electrons. The molecule has 0 aromatic heterocycles. The highest BCUT2D eigenvalue weighted by atomic mass is 14.7. The van der Waals surface area contributed by atoms with Gasteiger partial charge in [-0.2, -0.15) is 0 Å². The minimum absolute atomic E-state index is 0.421. The Kier molecular flexibility index (Phi) is 2.69. The molecule has 1 aromatic rings. The van der Waals surface area contributed by atoms with E-state index in [1.165, 1.54) is 17.6 Å². The lowest BCUT2D eigenvalue weighted by molar-refractivity contribution is 0.870. The SMILES string of the molecule is CCC(=Cc1ccccc1)[C@@H]1CC1N. The second-order valence-corrected chi connectivity index (χ2v) is 3.99. The predicted octanol–water partition coefficient (Wildman–Crippen LogP) is 2.83. The van der Waals surface area contributed by atoms with Gasteiger partial charge in [0.05, 0.1) is 0 Å². The Morgan fingerprint density at radius 3 is 2.57 bits per heavy atom. The fraction of sp³-hybridized carbons (Fsp3) is 0.385. The summed E-state index contributed by atoms with van der Waals surface area (Å²) in [5.74, 6) is 0.653. The molecule has 2 atom stereocenters. The smallest absolute Gasteiger partial charge is 0.0112 e. The zero-order chi connectivity index (χ0) is 9.97.